The first-order chi connectivity index (χ1) is 11.5. The molecule has 2 rings (SSSR count). The Morgan fingerprint density at radius 3 is 2.54 bits per heavy atom. The molecule has 0 amide bonds. The van der Waals surface area contributed by atoms with Crippen LogP contribution < -0.4 is 10.7 Å². The fourth-order valence-electron chi connectivity index (χ4n) is 1.69. The Morgan fingerprint density at radius 1 is 1.17 bits per heavy atom. The number of hydrogen-bond donors (Lipinski definition) is 4. The van der Waals surface area contributed by atoms with Crippen molar-refractivity contribution in [1.82, 2.24) is 5.43 Å². The van der Waals surface area contributed by atoms with E-state index in [0.29, 0.717) is 27.9 Å². The van der Waals surface area contributed by atoms with Crippen LogP contribution in [0.2, 0.25) is 0 Å². The second-order valence-electron chi connectivity index (χ2n) is 4.44. The summed E-state index contributed by atoms with van der Waals surface area (Å²) in [4.78, 5) is 0.451. The molecule has 0 bridgehead atoms. The largest absolute Gasteiger partial charge is 0.504 e. The first-order valence-corrected chi connectivity index (χ1v) is 7.90. The molecular weight excluding hydrogens is 356 g/mol. The molecule has 0 atom stereocenters. The summed E-state index contributed by atoms with van der Waals surface area (Å²) >= 11 is 5.50. The molecule has 0 aliphatic carbocycles. The summed E-state index contributed by atoms with van der Waals surface area (Å²) in [5.74, 6) is -3.00. The summed E-state index contributed by atoms with van der Waals surface area (Å²) in [6, 6.07) is 10.8. The Bertz CT molecular complexity index is 740. The van der Waals surface area contributed by atoms with E-state index in [1.807, 2.05) is 0 Å². The molecule has 0 spiro atoms. The van der Waals surface area contributed by atoms with Gasteiger partial charge >= 0.3 is 0 Å². The smallest absolute Gasteiger partial charge is 0.288 e. The number of rotatable bonds is 5. The molecule has 2 aromatic carbocycles. The topological polar surface area (TPSA) is 76.9 Å². The zero-order valence-electron chi connectivity index (χ0n) is 12.1. The fourth-order valence-corrected chi connectivity index (χ4v) is 2.36. The van der Waals surface area contributed by atoms with Gasteiger partial charge in [-0.1, -0.05) is 17.8 Å². The van der Waals surface area contributed by atoms with E-state index in [1.165, 1.54) is 12.3 Å². The molecule has 0 aliphatic heterocycles. The molecule has 0 saturated carbocycles. The lowest BCUT2D eigenvalue weighted by Gasteiger charge is -2.08. The highest BCUT2D eigenvalue weighted by molar-refractivity contribution is 7.99. The number of aromatic hydroxyl groups is 2. The van der Waals surface area contributed by atoms with Crippen LogP contribution in [-0.2, 0) is 0 Å². The van der Waals surface area contributed by atoms with Crippen molar-refractivity contribution in [2.45, 2.75) is 10.7 Å². The molecule has 0 unspecified atom stereocenters. The van der Waals surface area contributed by atoms with Gasteiger partial charge in [-0.25, -0.2) is 0 Å². The van der Waals surface area contributed by atoms with Crippen LogP contribution in [0, 0.1) is 0 Å². The average Bonchev–Trinajstić information content (AvgIpc) is 2.53. The molecular formula is C15H13F2N3O2S2. The maximum atomic E-state index is 12.2. The number of thiocarbonyl (C=S) groups is 1. The summed E-state index contributed by atoms with van der Waals surface area (Å²) in [5, 5.41) is 25.8. The number of hydrazone groups is 1. The van der Waals surface area contributed by atoms with Crippen LogP contribution in [-0.4, -0.2) is 27.3 Å². The minimum atomic E-state index is -2.46. The number of nitrogens with one attached hydrogen (secondary N) is 2. The molecule has 24 heavy (non-hydrogen) atoms. The summed E-state index contributed by atoms with van der Waals surface area (Å²) in [6.07, 6.45) is 1.30. The van der Waals surface area contributed by atoms with Gasteiger partial charge in [0, 0.05) is 16.1 Å². The van der Waals surface area contributed by atoms with Gasteiger partial charge in [-0.2, -0.15) is 13.9 Å². The second-order valence-corrected chi connectivity index (χ2v) is 5.91. The van der Waals surface area contributed by atoms with Crippen LogP contribution in [0.4, 0.5) is 14.5 Å². The zero-order chi connectivity index (χ0) is 17.5. The van der Waals surface area contributed by atoms with Crippen molar-refractivity contribution in [3.05, 3.63) is 48.0 Å². The normalized spacial score (nSPS) is 11.0. The number of phenolic OH excluding ortho intramolecular Hbond substituents is 2. The van der Waals surface area contributed by atoms with E-state index in [9.17, 15) is 19.0 Å². The quantitative estimate of drug-likeness (QED) is 0.212. The SMILES string of the molecule is Oc1cccc(/C=N/NC(=S)Nc2ccc(SC(F)F)cc2)c1O. The fraction of sp³-hybridized carbons (Fsp3) is 0.0667. The lowest BCUT2D eigenvalue weighted by Crippen LogP contribution is -2.23. The van der Waals surface area contributed by atoms with E-state index < -0.39 is 5.76 Å². The Hall–Kier alpha value is -2.39. The number of anilines is 1. The standard InChI is InChI=1S/C15H13F2N3O2S2/c16-14(17)24-11-6-4-10(5-7-11)19-15(23)20-18-8-9-2-1-3-12(21)13(9)22/h1-8,14,21-22H,(H2,19,20,23)/b18-8+. The highest BCUT2D eigenvalue weighted by atomic mass is 32.2. The van der Waals surface area contributed by atoms with Gasteiger partial charge in [0.05, 0.1) is 6.21 Å². The maximum Gasteiger partial charge on any atom is 0.288 e. The van der Waals surface area contributed by atoms with Crippen LogP contribution in [0.25, 0.3) is 0 Å². The van der Waals surface area contributed by atoms with E-state index >= 15 is 0 Å². The van der Waals surface area contributed by atoms with Crippen LogP contribution in [0.3, 0.4) is 0 Å². The van der Waals surface area contributed by atoms with Crippen molar-refractivity contribution in [2.75, 3.05) is 5.32 Å². The van der Waals surface area contributed by atoms with Crippen molar-refractivity contribution in [3.63, 3.8) is 0 Å². The first kappa shape index (κ1) is 18.0. The number of phenols is 2. The molecule has 5 nitrogen and oxygen atoms in total. The van der Waals surface area contributed by atoms with Gasteiger partial charge < -0.3 is 15.5 Å². The molecule has 126 valence electrons. The predicted molar refractivity (Wildman–Crippen MR) is 95.0 cm³/mol. The number of nitrogens with zero attached hydrogens (tertiary/aromatic N) is 1. The van der Waals surface area contributed by atoms with Gasteiger partial charge in [-0.15, -0.1) is 0 Å². The van der Waals surface area contributed by atoms with Crippen LogP contribution in [0.1, 0.15) is 5.56 Å². The Morgan fingerprint density at radius 2 is 1.88 bits per heavy atom. The predicted octanol–water partition coefficient (Wildman–Crippen LogP) is 3.73. The summed E-state index contributed by atoms with van der Waals surface area (Å²) < 4.78 is 24.5. The Kier molecular flexibility index (Phi) is 6.33. The van der Waals surface area contributed by atoms with Crippen molar-refractivity contribution in [3.8, 4) is 11.5 Å². The first-order valence-electron chi connectivity index (χ1n) is 6.61. The summed E-state index contributed by atoms with van der Waals surface area (Å²) in [6.45, 7) is 0. The summed E-state index contributed by atoms with van der Waals surface area (Å²) in [7, 11) is 0. The Labute approximate surface area is 146 Å². The van der Waals surface area contributed by atoms with E-state index in [0.717, 1.165) is 0 Å². The summed E-state index contributed by atoms with van der Waals surface area (Å²) in [5.41, 5.74) is 3.48. The number of benzene rings is 2. The van der Waals surface area contributed by atoms with Gasteiger partial charge in [0.25, 0.3) is 5.76 Å². The van der Waals surface area contributed by atoms with Crippen LogP contribution >= 0.6 is 24.0 Å². The van der Waals surface area contributed by atoms with Crippen molar-refractivity contribution >= 4 is 41.0 Å². The number of hydrogen-bond acceptors (Lipinski definition) is 5. The zero-order valence-corrected chi connectivity index (χ0v) is 13.7. The molecule has 0 radical (unpaired) electrons. The Balaban J connectivity index is 1.89. The third kappa shape index (κ3) is 5.36. The number of thioether (sulfide) groups is 1. The minimum absolute atomic E-state index is 0.181. The van der Waals surface area contributed by atoms with Crippen molar-refractivity contribution < 1.29 is 19.0 Å². The maximum absolute atomic E-state index is 12.2. The van der Waals surface area contributed by atoms with Gasteiger partial charge in [-0.3, -0.25) is 5.43 Å². The molecule has 9 heteroatoms. The molecule has 0 saturated heterocycles. The highest BCUT2D eigenvalue weighted by Gasteiger charge is 2.05. The monoisotopic (exact) mass is 369 g/mol. The van der Waals surface area contributed by atoms with Gasteiger partial charge in [0.2, 0.25) is 0 Å². The number of para-hydroxylation sites is 1. The van der Waals surface area contributed by atoms with E-state index in [-0.39, 0.29) is 16.6 Å². The van der Waals surface area contributed by atoms with Gasteiger partial charge in [0.15, 0.2) is 16.6 Å². The lowest BCUT2D eigenvalue weighted by molar-refractivity contribution is 0.252. The third-order valence-electron chi connectivity index (χ3n) is 2.75. The van der Waals surface area contributed by atoms with Crippen LogP contribution in [0.5, 0.6) is 11.5 Å². The van der Waals surface area contributed by atoms with Gasteiger partial charge in [0.1, 0.15) is 0 Å². The van der Waals surface area contributed by atoms with Crippen molar-refractivity contribution in [2.24, 2.45) is 5.10 Å². The highest BCUT2D eigenvalue weighted by Crippen LogP contribution is 2.27. The van der Waals surface area contributed by atoms with E-state index in [2.05, 4.69) is 15.8 Å². The average molecular weight is 369 g/mol. The van der Waals surface area contributed by atoms with E-state index in [4.69, 9.17) is 12.2 Å². The van der Waals surface area contributed by atoms with Crippen molar-refractivity contribution in [1.29, 1.82) is 0 Å². The molecule has 0 aliphatic rings. The second kappa shape index (κ2) is 8.46. The molecule has 0 heterocycles. The molecule has 2 aromatic rings. The third-order valence-corrected chi connectivity index (χ3v) is 3.67. The van der Waals surface area contributed by atoms with Crippen LogP contribution in [0.15, 0.2) is 52.5 Å². The molecule has 4 N–H and O–H groups in total. The molecule has 0 aromatic heterocycles. The lowest BCUT2D eigenvalue weighted by atomic mass is 10.2. The molecule has 0 fully saturated rings. The number of halogens is 2. The minimum Gasteiger partial charge on any atom is -0.504 e. The number of alkyl halides is 2. The van der Waals surface area contributed by atoms with E-state index in [1.54, 1.807) is 36.4 Å². The van der Waals surface area contributed by atoms with Gasteiger partial charge in [-0.05, 0) is 48.6 Å².